The van der Waals surface area contributed by atoms with Gasteiger partial charge in [-0.25, -0.2) is 0 Å². The van der Waals surface area contributed by atoms with E-state index < -0.39 is 6.10 Å². The largest absolute Gasteiger partial charge is 0.462 e. The number of allylic oxidation sites excluding steroid dienone is 6. The van der Waals surface area contributed by atoms with Gasteiger partial charge in [0.15, 0.2) is 6.10 Å². The Balaban J connectivity index is 3.35. The number of hydrogen-bond donors (Lipinski definition) is 1. The average molecular weight is 984 g/mol. The molecule has 0 aliphatic heterocycles. The highest BCUT2D eigenvalue weighted by molar-refractivity contribution is 5.70. The molecule has 0 bridgehead atoms. The second kappa shape index (κ2) is 61.4. The molecule has 1 atom stereocenters. The number of carbonyl (C=O) groups is 2. The van der Waals surface area contributed by atoms with Crippen LogP contribution in [-0.4, -0.2) is 36.4 Å². The van der Waals surface area contributed by atoms with E-state index in [0.717, 1.165) is 51.4 Å². The van der Waals surface area contributed by atoms with Crippen LogP contribution >= 0.6 is 0 Å². The van der Waals surface area contributed by atoms with Crippen LogP contribution in [0.3, 0.4) is 0 Å². The van der Waals surface area contributed by atoms with Gasteiger partial charge < -0.3 is 14.6 Å². The molecular formula is C65H122O5. The highest BCUT2D eigenvalue weighted by atomic mass is 16.6. The molecule has 0 amide bonds. The maximum Gasteiger partial charge on any atom is 0.306 e. The van der Waals surface area contributed by atoms with Crippen molar-refractivity contribution in [3.8, 4) is 0 Å². The molecule has 0 aromatic carbocycles. The van der Waals surface area contributed by atoms with Crippen molar-refractivity contribution in [3.05, 3.63) is 36.5 Å². The Morgan fingerprint density at radius 2 is 0.571 bits per heavy atom. The first-order valence-electron chi connectivity index (χ1n) is 31.5. The zero-order chi connectivity index (χ0) is 50.6. The van der Waals surface area contributed by atoms with Gasteiger partial charge in [0.25, 0.3) is 0 Å². The van der Waals surface area contributed by atoms with E-state index >= 15 is 0 Å². The van der Waals surface area contributed by atoms with Gasteiger partial charge in [0.1, 0.15) is 6.61 Å². The first kappa shape index (κ1) is 68.1. The number of rotatable bonds is 59. The van der Waals surface area contributed by atoms with Crippen LogP contribution in [0.4, 0.5) is 0 Å². The Bertz CT molecular complexity index is 1110. The van der Waals surface area contributed by atoms with Gasteiger partial charge in [-0.15, -0.1) is 0 Å². The van der Waals surface area contributed by atoms with Crippen molar-refractivity contribution in [2.75, 3.05) is 13.2 Å². The topological polar surface area (TPSA) is 72.8 Å². The summed E-state index contributed by atoms with van der Waals surface area (Å²) in [7, 11) is 0. The van der Waals surface area contributed by atoms with Crippen molar-refractivity contribution in [2.45, 2.75) is 354 Å². The van der Waals surface area contributed by atoms with Crippen molar-refractivity contribution in [1.82, 2.24) is 0 Å². The summed E-state index contributed by atoms with van der Waals surface area (Å²) in [5, 5.41) is 9.64. The lowest BCUT2D eigenvalue weighted by Gasteiger charge is -2.15. The summed E-state index contributed by atoms with van der Waals surface area (Å²) >= 11 is 0. The van der Waals surface area contributed by atoms with E-state index in [9.17, 15) is 14.7 Å². The highest BCUT2D eigenvalue weighted by Gasteiger charge is 2.16. The van der Waals surface area contributed by atoms with Gasteiger partial charge in [-0.1, -0.05) is 301 Å². The maximum absolute atomic E-state index is 12.3. The van der Waals surface area contributed by atoms with E-state index in [1.54, 1.807) is 0 Å². The molecule has 0 aromatic rings. The summed E-state index contributed by atoms with van der Waals surface area (Å²) in [5.74, 6) is -0.583. The van der Waals surface area contributed by atoms with Crippen LogP contribution in [0.5, 0.6) is 0 Å². The fraction of sp³-hybridized carbons (Fsp3) is 0.877. The van der Waals surface area contributed by atoms with Gasteiger partial charge in [0.2, 0.25) is 0 Å². The summed E-state index contributed by atoms with van der Waals surface area (Å²) in [6, 6.07) is 0. The quantitative estimate of drug-likeness (QED) is 0.0373. The zero-order valence-electron chi connectivity index (χ0n) is 47.3. The van der Waals surface area contributed by atoms with Crippen LogP contribution in [0.1, 0.15) is 348 Å². The third-order valence-electron chi connectivity index (χ3n) is 14.4. The predicted octanol–water partition coefficient (Wildman–Crippen LogP) is 21.4. The fourth-order valence-electron chi connectivity index (χ4n) is 9.64. The second-order valence-corrected chi connectivity index (χ2v) is 21.5. The van der Waals surface area contributed by atoms with Gasteiger partial charge in [-0.2, -0.15) is 0 Å². The third-order valence-corrected chi connectivity index (χ3v) is 14.4. The van der Waals surface area contributed by atoms with E-state index in [1.807, 2.05) is 0 Å². The molecule has 1 unspecified atom stereocenters. The van der Waals surface area contributed by atoms with Crippen molar-refractivity contribution < 1.29 is 24.2 Å². The zero-order valence-corrected chi connectivity index (χ0v) is 47.3. The fourth-order valence-corrected chi connectivity index (χ4v) is 9.64. The van der Waals surface area contributed by atoms with Crippen molar-refractivity contribution in [3.63, 3.8) is 0 Å². The summed E-state index contributed by atoms with van der Waals surface area (Å²) in [5.41, 5.74) is 0. The minimum Gasteiger partial charge on any atom is -0.462 e. The van der Waals surface area contributed by atoms with Gasteiger partial charge >= 0.3 is 11.9 Å². The Morgan fingerprint density at radius 3 is 0.857 bits per heavy atom. The summed E-state index contributed by atoms with van der Waals surface area (Å²) in [6.07, 6.45) is 80.3. The number of aliphatic hydroxyl groups excluding tert-OH is 1. The van der Waals surface area contributed by atoms with Crippen molar-refractivity contribution in [2.24, 2.45) is 0 Å². The number of hydrogen-bond acceptors (Lipinski definition) is 5. The number of ether oxygens (including phenoxy) is 2. The minimum absolute atomic E-state index is 0.0650. The molecule has 0 aliphatic carbocycles. The molecule has 70 heavy (non-hydrogen) atoms. The molecular weight excluding hydrogens is 861 g/mol. The molecule has 0 saturated carbocycles. The van der Waals surface area contributed by atoms with Crippen molar-refractivity contribution in [1.29, 1.82) is 0 Å². The smallest absolute Gasteiger partial charge is 0.306 e. The highest BCUT2D eigenvalue weighted by Crippen LogP contribution is 2.18. The van der Waals surface area contributed by atoms with E-state index in [-0.39, 0.29) is 25.2 Å². The molecule has 0 heterocycles. The third kappa shape index (κ3) is 58.7. The Kier molecular flexibility index (Phi) is 59.8. The number of aliphatic hydroxyl groups is 1. The monoisotopic (exact) mass is 983 g/mol. The maximum atomic E-state index is 12.3. The van der Waals surface area contributed by atoms with Gasteiger partial charge in [-0.3, -0.25) is 9.59 Å². The lowest BCUT2D eigenvalue weighted by atomic mass is 10.0. The molecule has 1 N–H and O–H groups in total. The second-order valence-electron chi connectivity index (χ2n) is 21.5. The Labute approximate surface area is 437 Å². The molecule has 5 nitrogen and oxygen atoms in total. The predicted molar refractivity (Wildman–Crippen MR) is 307 cm³/mol. The molecule has 0 fully saturated rings. The van der Waals surface area contributed by atoms with Crippen LogP contribution in [0, 0.1) is 0 Å². The number of esters is 2. The first-order valence-corrected chi connectivity index (χ1v) is 31.5. The minimum atomic E-state index is -0.772. The molecule has 5 heteroatoms. The standard InChI is InChI=1S/C65H122O5/c1-3-5-7-9-11-13-15-17-19-20-21-22-23-24-25-26-27-28-29-30-31-32-33-34-35-36-37-38-39-40-41-42-43-44-46-48-50-52-54-56-58-60-65(68)70-63(61-66)62-69-64(67)59-57-55-53-51-49-47-45-18-16-14-12-10-8-6-4-2/h15,17-18,20-21,45,63,66H,3-14,16,19,22-44,46-62H2,1-2H3/b17-15-,21-20-,45-18-. The average Bonchev–Trinajstić information content (AvgIpc) is 3.36. The van der Waals surface area contributed by atoms with Gasteiger partial charge in [0, 0.05) is 12.8 Å². The van der Waals surface area contributed by atoms with Crippen LogP contribution in [0.15, 0.2) is 36.5 Å². The van der Waals surface area contributed by atoms with Crippen LogP contribution in [0.25, 0.3) is 0 Å². The molecule has 0 radical (unpaired) electrons. The van der Waals surface area contributed by atoms with E-state index in [2.05, 4.69) is 50.3 Å². The summed E-state index contributed by atoms with van der Waals surface area (Å²) in [4.78, 5) is 24.5. The molecule has 412 valence electrons. The number of unbranched alkanes of at least 4 members (excludes halogenated alkanes) is 45. The van der Waals surface area contributed by atoms with E-state index in [4.69, 9.17) is 9.47 Å². The van der Waals surface area contributed by atoms with Gasteiger partial charge in [0.05, 0.1) is 6.61 Å². The van der Waals surface area contributed by atoms with Crippen LogP contribution in [-0.2, 0) is 19.1 Å². The molecule has 0 spiro atoms. The number of carbonyl (C=O) groups excluding carboxylic acids is 2. The molecule has 0 aliphatic rings. The molecule has 0 rings (SSSR count). The Morgan fingerprint density at radius 1 is 0.329 bits per heavy atom. The van der Waals surface area contributed by atoms with E-state index in [1.165, 1.54) is 270 Å². The van der Waals surface area contributed by atoms with Gasteiger partial charge in [-0.05, 0) is 70.6 Å². The lowest BCUT2D eigenvalue weighted by Crippen LogP contribution is -2.28. The normalized spacial score (nSPS) is 12.3. The van der Waals surface area contributed by atoms with Crippen LogP contribution in [0.2, 0.25) is 0 Å². The van der Waals surface area contributed by atoms with Crippen molar-refractivity contribution >= 4 is 11.9 Å². The SMILES string of the molecule is CCCCCCC/C=C\C/C=C\CCCCCCCCCCCCCCCCCCCCCCCCCCCCCCCC(=O)OC(CO)COC(=O)CCCCCCC/C=C\CCCCCCCC. The van der Waals surface area contributed by atoms with Crippen LogP contribution < -0.4 is 0 Å². The first-order chi connectivity index (χ1) is 34.6. The lowest BCUT2D eigenvalue weighted by molar-refractivity contribution is -0.161. The summed E-state index contributed by atoms with van der Waals surface area (Å²) in [6.45, 7) is 4.16. The molecule has 0 aromatic heterocycles. The van der Waals surface area contributed by atoms with E-state index in [0.29, 0.717) is 12.8 Å². The summed E-state index contributed by atoms with van der Waals surface area (Å²) < 4.78 is 10.7. The Hall–Kier alpha value is -1.88. The molecule has 0 saturated heterocycles.